The van der Waals surface area contributed by atoms with Crippen LogP contribution in [0.25, 0.3) is 10.8 Å². The summed E-state index contributed by atoms with van der Waals surface area (Å²) in [6, 6.07) is 12.3. The number of carbonyl (C=O) groups excluding carboxylic acids is 1. The molecular weight excluding hydrogens is 312 g/mol. The number of sulfonamides is 1. The molecule has 2 rings (SSSR count). The molecule has 0 radical (unpaired) electrons. The van der Waals surface area contributed by atoms with Crippen molar-refractivity contribution in [2.75, 3.05) is 14.2 Å². The van der Waals surface area contributed by atoms with Crippen molar-refractivity contribution in [2.45, 2.75) is 4.90 Å². The van der Waals surface area contributed by atoms with E-state index in [9.17, 15) is 13.2 Å². The van der Waals surface area contributed by atoms with Gasteiger partial charge in [-0.25, -0.2) is 13.2 Å². The first-order valence-electron chi connectivity index (χ1n) is 5.93. The second-order valence-electron chi connectivity index (χ2n) is 4.13. The lowest BCUT2D eigenvalue weighted by molar-refractivity contribution is 0.200. The van der Waals surface area contributed by atoms with Gasteiger partial charge in [-0.05, 0) is 22.9 Å². The number of benzene rings is 2. The van der Waals surface area contributed by atoms with Gasteiger partial charge in [0.25, 0.3) is 10.0 Å². The van der Waals surface area contributed by atoms with Gasteiger partial charge in [0.2, 0.25) is 0 Å². The maximum Gasteiger partial charge on any atom is 0.383 e. The molecule has 0 saturated carbocycles. The first kappa shape index (κ1) is 15.8. The number of nitrogens with zero attached hydrogens (tertiary/aromatic N) is 1. The van der Waals surface area contributed by atoms with Crippen LogP contribution in [0.15, 0.2) is 47.4 Å². The molecule has 0 atom stereocenters. The average molecular weight is 326 g/mol. The Morgan fingerprint density at radius 2 is 1.86 bits per heavy atom. The van der Waals surface area contributed by atoms with Crippen molar-refractivity contribution in [3.8, 4) is 0 Å². The minimum Gasteiger partial charge on any atom is -0.460 e. The summed E-state index contributed by atoms with van der Waals surface area (Å²) in [5, 5.41) is 1.15. The molecule has 0 aliphatic carbocycles. The molecule has 0 heterocycles. The predicted octanol–water partition coefficient (Wildman–Crippen LogP) is 2.38. The third-order valence-corrected chi connectivity index (χ3v) is 5.28. The van der Waals surface area contributed by atoms with Crippen molar-refractivity contribution in [3.63, 3.8) is 0 Å². The zero-order valence-corrected chi connectivity index (χ0v) is 13.1. The van der Waals surface area contributed by atoms with Crippen molar-refractivity contribution in [2.24, 2.45) is 0 Å². The molecular formula is C13H14N2O4S2. The van der Waals surface area contributed by atoms with Crippen molar-refractivity contribution in [3.05, 3.63) is 42.5 Å². The summed E-state index contributed by atoms with van der Waals surface area (Å²) in [5.41, 5.74) is 0. The monoisotopic (exact) mass is 326 g/mol. The molecule has 0 saturated heterocycles. The van der Waals surface area contributed by atoms with Gasteiger partial charge in [0.05, 0.1) is 24.0 Å². The van der Waals surface area contributed by atoms with Gasteiger partial charge in [-0.15, -0.1) is 4.41 Å². The summed E-state index contributed by atoms with van der Waals surface area (Å²) in [6.45, 7) is 0. The lowest BCUT2D eigenvalue weighted by Crippen LogP contribution is -2.36. The fourth-order valence-corrected chi connectivity index (χ4v) is 3.30. The zero-order chi connectivity index (χ0) is 15.5. The molecule has 2 aromatic rings. The predicted molar refractivity (Wildman–Crippen MR) is 82.0 cm³/mol. The molecule has 0 bridgehead atoms. The highest BCUT2D eigenvalue weighted by Gasteiger charge is 2.22. The van der Waals surface area contributed by atoms with E-state index in [0.717, 1.165) is 15.2 Å². The first-order valence-corrected chi connectivity index (χ1v) is 8.19. The Labute approximate surface area is 127 Å². The summed E-state index contributed by atoms with van der Waals surface area (Å²) < 4.78 is 30.0. The summed E-state index contributed by atoms with van der Waals surface area (Å²) in [4.78, 5) is 13.6. The number of methoxy groups -OCH3 is 1. The van der Waals surface area contributed by atoms with E-state index in [-0.39, 0.29) is 4.90 Å². The largest absolute Gasteiger partial charge is 0.460 e. The zero-order valence-electron chi connectivity index (χ0n) is 11.4. The lowest BCUT2D eigenvalue weighted by Gasteiger charge is -2.17. The molecule has 8 heteroatoms. The Bertz CT molecular complexity index is 762. The highest BCUT2D eigenvalue weighted by Crippen LogP contribution is 2.21. The van der Waals surface area contributed by atoms with Crippen LogP contribution >= 0.6 is 11.9 Å². The number of fused-ring (bicyclic) bond motifs is 1. The normalized spacial score (nSPS) is 11.8. The maximum absolute atomic E-state index is 12.4. The second-order valence-corrected chi connectivity index (χ2v) is 6.82. The standard InChI is InChI=1S/C13H14N2O4S2/c1-15(14-20-13(16)19-2)21(17,18)12-8-7-10-5-3-4-6-11(10)9-12/h3-9,14H,1-2H3. The highest BCUT2D eigenvalue weighted by atomic mass is 32.2. The average Bonchev–Trinajstić information content (AvgIpc) is 2.51. The van der Waals surface area contributed by atoms with Gasteiger partial charge in [-0.1, -0.05) is 30.3 Å². The van der Waals surface area contributed by atoms with Gasteiger partial charge in [-0.3, -0.25) is 0 Å². The van der Waals surface area contributed by atoms with Gasteiger partial charge in [0.15, 0.2) is 0 Å². The van der Waals surface area contributed by atoms with Crippen molar-refractivity contribution < 1.29 is 17.9 Å². The summed E-state index contributed by atoms with van der Waals surface area (Å²) >= 11 is 0.545. The van der Waals surface area contributed by atoms with Crippen LogP contribution in [0.5, 0.6) is 0 Å². The van der Waals surface area contributed by atoms with Crippen molar-refractivity contribution in [1.29, 1.82) is 0 Å². The van der Waals surface area contributed by atoms with Gasteiger partial charge in [0, 0.05) is 7.05 Å². The van der Waals surface area contributed by atoms with Crippen LogP contribution in [0.3, 0.4) is 0 Å². The Morgan fingerprint density at radius 1 is 1.19 bits per heavy atom. The minimum absolute atomic E-state index is 0.140. The first-order chi connectivity index (χ1) is 9.95. The van der Waals surface area contributed by atoms with E-state index in [4.69, 9.17) is 0 Å². The van der Waals surface area contributed by atoms with Crippen molar-refractivity contribution in [1.82, 2.24) is 9.25 Å². The number of nitrogens with one attached hydrogen (secondary N) is 1. The van der Waals surface area contributed by atoms with Gasteiger partial charge < -0.3 is 4.74 Å². The summed E-state index contributed by atoms with van der Waals surface area (Å²) in [5.74, 6) is 0. The summed E-state index contributed by atoms with van der Waals surface area (Å²) in [6.07, 6.45) is 0. The maximum atomic E-state index is 12.4. The number of hydrogen-bond acceptors (Lipinski definition) is 6. The van der Waals surface area contributed by atoms with E-state index >= 15 is 0 Å². The highest BCUT2D eigenvalue weighted by molar-refractivity contribution is 8.11. The number of ether oxygens (including phenoxy) is 1. The summed E-state index contributed by atoms with van der Waals surface area (Å²) in [7, 11) is -1.20. The molecule has 1 N–H and O–H groups in total. The van der Waals surface area contributed by atoms with Crippen LogP contribution < -0.4 is 4.83 Å². The quantitative estimate of drug-likeness (QED) is 0.528. The lowest BCUT2D eigenvalue weighted by atomic mass is 10.1. The second kappa shape index (κ2) is 6.44. The van der Waals surface area contributed by atoms with E-state index in [2.05, 4.69) is 9.57 Å². The Balaban J connectivity index is 2.26. The van der Waals surface area contributed by atoms with E-state index in [1.54, 1.807) is 12.1 Å². The van der Waals surface area contributed by atoms with Crippen LogP contribution in [0.2, 0.25) is 0 Å². The Hall–Kier alpha value is -1.61. The van der Waals surface area contributed by atoms with E-state index < -0.39 is 15.3 Å². The topological polar surface area (TPSA) is 75.7 Å². The molecule has 0 amide bonds. The van der Waals surface area contributed by atoms with Crippen LogP contribution in [0.1, 0.15) is 0 Å². The van der Waals surface area contributed by atoms with E-state index in [0.29, 0.717) is 11.9 Å². The fourth-order valence-electron chi connectivity index (χ4n) is 1.68. The van der Waals surface area contributed by atoms with Crippen molar-refractivity contribution >= 4 is 38.0 Å². The Morgan fingerprint density at radius 3 is 2.52 bits per heavy atom. The third kappa shape index (κ3) is 3.53. The van der Waals surface area contributed by atoms with Crippen LogP contribution in [0, 0.1) is 0 Å². The van der Waals surface area contributed by atoms with E-state index in [1.165, 1.54) is 20.2 Å². The van der Waals surface area contributed by atoms with Gasteiger partial charge in [0.1, 0.15) is 0 Å². The van der Waals surface area contributed by atoms with Crippen LogP contribution in [-0.2, 0) is 14.8 Å². The SMILES string of the molecule is COC(=O)SNN(C)S(=O)(=O)c1ccc2ccccc2c1. The smallest absolute Gasteiger partial charge is 0.383 e. The molecule has 0 spiro atoms. The molecule has 2 aromatic carbocycles. The van der Waals surface area contributed by atoms with E-state index in [1.807, 2.05) is 24.3 Å². The fraction of sp³-hybridized carbons (Fsp3) is 0.154. The third-order valence-electron chi connectivity index (χ3n) is 2.80. The van der Waals surface area contributed by atoms with Gasteiger partial charge >= 0.3 is 5.30 Å². The number of carbonyl (C=O) groups is 1. The van der Waals surface area contributed by atoms with Gasteiger partial charge in [-0.2, -0.15) is 4.83 Å². The minimum atomic E-state index is -3.74. The number of rotatable bonds is 4. The molecule has 0 aliphatic heterocycles. The molecule has 112 valence electrons. The molecule has 0 fully saturated rings. The molecule has 0 aromatic heterocycles. The molecule has 21 heavy (non-hydrogen) atoms. The van der Waals surface area contributed by atoms with Crippen LogP contribution in [-0.4, -0.2) is 32.3 Å². The molecule has 6 nitrogen and oxygen atoms in total. The molecule has 0 aliphatic rings. The number of hydrazine groups is 1. The number of hydrogen-bond donors (Lipinski definition) is 1. The van der Waals surface area contributed by atoms with Crippen LogP contribution in [0.4, 0.5) is 4.79 Å². The molecule has 0 unspecified atom stereocenters. The Kier molecular flexibility index (Phi) is 4.84.